The molecule has 0 aliphatic rings. The SMILES string of the molecule is CCCC[C@H](NC(=O)NCC(=O)OCC)C(=O)OC. The first-order chi connectivity index (χ1) is 9.04. The molecule has 0 aromatic rings. The molecule has 0 aromatic carbocycles. The molecule has 0 saturated heterocycles. The van der Waals surface area contributed by atoms with E-state index in [0.717, 1.165) is 12.8 Å². The second-order valence-electron chi connectivity index (χ2n) is 3.85. The molecular weight excluding hydrogens is 252 g/mol. The highest BCUT2D eigenvalue weighted by Crippen LogP contribution is 2.02. The third-order valence-electron chi connectivity index (χ3n) is 2.34. The standard InChI is InChI=1S/C12H22N2O5/c1-4-6-7-9(11(16)18-3)14-12(17)13-8-10(15)19-5-2/h9H,4-8H2,1-3H3,(H2,13,14,17)/t9-/m0/s1. The number of urea groups is 1. The van der Waals surface area contributed by atoms with Crippen LogP contribution < -0.4 is 10.6 Å². The van der Waals surface area contributed by atoms with Crippen molar-refractivity contribution in [2.24, 2.45) is 0 Å². The lowest BCUT2D eigenvalue weighted by Crippen LogP contribution is -2.47. The summed E-state index contributed by atoms with van der Waals surface area (Å²) in [6.45, 7) is 3.68. The van der Waals surface area contributed by atoms with Crippen LogP contribution in [0.2, 0.25) is 0 Å². The molecule has 7 nitrogen and oxygen atoms in total. The van der Waals surface area contributed by atoms with Crippen molar-refractivity contribution in [2.75, 3.05) is 20.3 Å². The molecule has 110 valence electrons. The van der Waals surface area contributed by atoms with E-state index >= 15 is 0 Å². The highest BCUT2D eigenvalue weighted by Gasteiger charge is 2.20. The predicted octanol–water partition coefficient (Wildman–Crippen LogP) is 0.581. The Morgan fingerprint density at radius 2 is 1.89 bits per heavy atom. The van der Waals surface area contributed by atoms with Crippen LogP contribution in [-0.4, -0.2) is 44.3 Å². The number of ether oxygens (including phenoxy) is 2. The zero-order chi connectivity index (χ0) is 14.7. The molecular formula is C12H22N2O5. The summed E-state index contributed by atoms with van der Waals surface area (Å²) in [6, 6.07) is -1.30. The number of hydrogen-bond donors (Lipinski definition) is 2. The van der Waals surface area contributed by atoms with E-state index < -0.39 is 24.0 Å². The molecule has 0 bridgehead atoms. The van der Waals surface area contributed by atoms with E-state index in [1.165, 1.54) is 7.11 Å². The minimum absolute atomic E-state index is 0.235. The van der Waals surface area contributed by atoms with Crippen LogP contribution in [0.1, 0.15) is 33.1 Å². The van der Waals surface area contributed by atoms with Crippen LogP contribution in [0.3, 0.4) is 0 Å². The molecule has 0 aliphatic carbocycles. The van der Waals surface area contributed by atoms with Gasteiger partial charge in [-0.05, 0) is 13.3 Å². The van der Waals surface area contributed by atoms with Crippen LogP contribution in [0.25, 0.3) is 0 Å². The molecule has 2 amide bonds. The molecule has 0 fully saturated rings. The zero-order valence-corrected chi connectivity index (χ0v) is 11.7. The van der Waals surface area contributed by atoms with Crippen LogP contribution in [-0.2, 0) is 19.1 Å². The van der Waals surface area contributed by atoms with Crippen molar-refractivity contribution in [2.45, 2.75) is 39.2 Å². The lowest BCUT2D eigenvalue weighted by molar-refractivity contribution is -0.143. The average molecular weight is 274 g/mol. The van der Waals surface area contributed by atoms with Gasteiger partial charge in [-0.15, -0.1) is 0 Å². The maximum absolute atomic E-state index is 11.5. The quantitative estimate of drug-likeness (QED) is 0.631. The summed E-state index contributed by atoms with van der Waals surface area (Å²) in [5, 5.41) is 4.79. The van der Waals surface area contributed by atoms with Crippen molar-refractivity contribution in [1.82, 2.24) is 10.6 Å². The summed E-state index contributed by atoms with van der Waals surface area (Å²) in [7, 11) is 1.26. The fourth-order valence-electron chi connectivity index (χ4n) is 1.37. The van der Waals surface area contributed by atoms with Gasteiger partial charge < -0.3 is 20.1 Å². The Bertz CT molecular complexity index is 306. The van der Waals surface area contributed by atoms with Gasteiger partial charge in [-0.2, -0.15) is 0 Å². The maximum Gasteiger partial charge on any atom is 0.328 e. The molecule has 1 atom stereocenters. The van der Waals surface area contributed by atoms with Crippen molar-refractivity contribution < 1.29 is 23.9 Å². The lowest BCUT2D eigenvalue weighted by atomic mass is 10.1. The Morgan fingerprint density at radius 3 is 2.42 bits per heavy atom. The molecule has 0 spiro atoms. The summed E-state index contributed by atoms with van der Waals surface area (Å²) >= 11 is 0. The van der Waals surface area contributed by atoms with Gasteiger partial charge in [-0.1, -0.05) is 19.8 Å². The first kappa shape index (κ1) is 17.2. The van der Waals surface area contributed by atoms with Gasteiger partial charge in [-0.25, -0.2) is 9.59 Å². The van der Waals surface area contributed by atoms with Gasteiger partial charge in [0.05, 0.1) is 13.7 Å². The van der Waals surface area contributed by atoms with Gasteiger partial charge in [0.1, 0.15) is 12.6 Å². The van der Waals surface area contributed by atoms with Gasteiger partial charge in [-0.3, -0.25) is 4.79 Å². The van der Waals surface area contributed by atoms with Gasteiger partial charge in [0, 0.05) is 0 Å². The highest BCUT2D eigenvalue weighted by atomic mass is 16.5. The second kappa shape index (κ2) is 10.2. The van der Waals surface area contributed by atoms with Gasteiger partial charge in [0.2, 0.25) is 0 Å². The van der Waals surface area contributed by atoms with Crippen molar-refractivity contribution >= 4 is 18.0 Å². The Labute approximate surface area is 113 Å². The van der Waals surface area contributed by atoms with Crippen LogP contribution in [0.4, 0.5) is 4.79 Å². The number of nitrogens with one attached hydrogen (secondary N) is 2. The van der Waals surface area contributed by atoms with Crippen LogP contribution in [0.15, 0.2) is 0 Å². The number of unbranched alkanes of at least 4 members (excludes halogenated alkanes) is 1. The molecule has 0 rings (SSSR count). The van der Waals surface area contributed by atoms with E-state index in [9.17, 15) is 14.4 Å². The molecule has 0 unspecified atom stereocenters. The molecule has 0 aromatic heterocycles. The summed E-state index contributed by atoms with van der Waals surface area (Å²) in [5.74, 6) is -1.03. The first-order valence-electron chi connectivity index (χ1n) is 6.32. The number of rotatable bonds is 8. The summed E-state index contributed by atoms with van der Waals surface area (Å²) < 4.78 is 9.26. The van der Waals surface area contributed by atoms with E-state index in [1.807, 2.05) is 6.92 Å². The van der Waals surface area contributed by atoms with Crippen molar-refractivity contribution in [3.8, 4) is 0 Å². The molecule has 7 heteroatoms. The van der Waals surface area contributed by atoms with Crippen molar-refractivity contribution in [3.05, 3.63) is 0 Å². The third-order valence-corrected chi connectivity index (χ3v) is 2.34. The smallest absolute Gasteiger partial charge is 0.328 e. The van der Waals surface area contributed by atoms with Crippen molar-refractivity contribution in [1.29, 1.82) is 0 Å². The normalized spacial score (nSPS) is 11.3. The number of carbonyl (C=O) groups is 3. The van der Waals surface area contributed by atoms with E-state index in [2.05, 4.69) is 20.1 Å². The maximum atomic E-state index is 11.5. The third kappa shape index (κ3) is 8.01. The van der Waals surface area contributed by atoms with Crippen LogP contribution in [0.5, 0.6) is 0 Å². The molecule has 0 radical (unpaired) electrons. The number of carbonyl (C=O) groups excluding carboxylic acids is 3. The highest BCUT2D eigenvalue weighted by molar-refractivity contribution is 5.85. The topological polar surface area (TPSA) is 93.7 Å². The molecule has 19 heavy (non-hydrogen) atoms. The second-order valence-corrected chi connectivity index (χ2v) is 3.85. The Morgan fingerprint density at radius 1 is 1.21 bits per heavy atom. The van der Waals surface area contributed by atoms with Crippen molar-refractivity contribution in [3.63, 3.8) is 0 Å². The van der Waals surface area contributed by atoms with Gasteiger partial charge in [0.25, 0.3) is 0 Å². The summed E-state index contributed by atoms with van der Waals surface area (Å²) in [5.41, 5.74) is 0. The van der Waals surface area contributed by atoms with Gasteiger partial charge >= 0.3 is 18.0 Å². The monoisotopic (exact) mass is 274 g/mol. The Balaban J connectivity index is 4.15. The predicted molar refractivity (Wildman–Crippen MR) is 68.5 cm³/mol. The molecule has 0 heterocycles. The van der Waals surface area contributed by atoms with E-state index in [1.54, 1.807) is 6.92 Å². The largest absolute Gasteiger partial charge is 0.467 e. The first-order valence-corrected chi connectivity index (χ1v) is 6.32. The Hall–Kier alpha value is -1.79. The number of amides is 2. The fourth-order valence-corrected chi connectivity index (χ4v) is 1.37. The van der Waals surface area contributed by atoms with E-state index in [-0.39, 0.29) is 13.2 Å². The van der Waals surface area contributed by atoms with Crippen LogP contribution in [0, 0.1) is 0 Å². The summed E-state index contributed by atoms with van der Waals surface area (Å²) in [6.07, 6.45) is 2.19. The van der Waals surface area contributed by atoms with E-state index in [0.29, 0.717) is 6.42 Å². The number of hydrogen-bond acceptors (Lipinski definition) is 5. The minimum Gasteiger partial charge on any atom is -0.467 e. The lowest BCUT2D eigenvalue weighted by Gasteiger charge is -2.16. The number of esters is 2. The molecule has 2 N–H and O–H groups in total. The fraction of sp³-hybridized carbons (Fsp3) is 0.750. The van der Waals surface area contributed by atoms with Gasteiger partial charge in [0.15, 0.2) is 0 Å². The molecule has 0 aliphatic heterocycles. The summed E-state index contributed by atoms with van der Waals surface area (Å²) in [4.78, 5) is 34.0. The molecule has 0 saturated carbocycles. The average Bonchev–Trinajstić information content (AvgIpc) is 2.40. The zero-order valence-electron chi connectivity index (χ0n) is 11.7. The minimum atomic E-state index is -0.702. The Kier molecular flexibility index (Phi) is 9.20. The number of methoxy groups -OCH3 is 1. The van der Waals surface area contributed by atoms with Crippen LogP contribution >= 0.6 is 0 Å². The van der Waals surface area contributed by atoms with E-state index in [4.69, 9.17) is 0 Å².